The third-order valence-electron chi connectivity index (χ3n) is 3.78. The number of hydrogen-bond acceptors (Lipinski definition) is 5. The van der Waals surface area contributed by atoms with Gasteiger partial charge in [0.2, 0.25) is 17.2 Å². The molecule has 19 heavy (non-hydrogen) atoms. The van der Waals surface area contributed by atoms with Crippen LogP contribution in [0.5, 0.6) is 0 Å². The van der Waals surface area contributed by atoms with Crippen LogP contribution in [0.2, 0.25) is 5.28 Å². The van der Waals surface area contributed by atoms with Gasteiger partial charge < -0.3 is 9.80 Å². The molecule has 2 rings (SSSR count). The van der Waals surface area contributed by atoms with Gasteiger partial charge in [-0.1, -0.05) is 13.8 Å². The average Bonchev–Trinajstić information content (AvgIpc) is 2.93. The Balaban J connectivity index is 2.25. The summed E-state index contributed by atoms with van der Waals surface area (Å²) < 4.78 is 0. The molecule has 0 spiro atoms. The Hall–Kier alpha value is -1.10. The lowest BCUT2D eigenvalue weighted by Crippen LogP contribution is -2.33. The standard InChI is InChI=1S/C13H22ClN5/c1-4-10(5-2)18(3)12-15-11(14)16-13(17-12)19-8-6-7-9-19/h10H,4-9H2,1-3H3. The van der Waals surface area contributed by atoms with Crippen molar-refractivity contribution in [3.8, 4) is 0 Å². The fourth-order valence-electron chi connectivity index (χ4n) is 2.55. The van der Waals surface area contributed by atoms with E-state index in [1.807, 2.05) is 7.05 Å². The predicted octanol–water partition coefficient (Wildman–Crippen LogP) is 2.75. The second kappa shape index (κ2) is 6.37. The molecule has 1 aliphatic heterocycles. The van der Waals surface area contributed by atoms with Gasteiger partial charge in [0, 0.05) is 26.2 Å². The van der Waals surface area contributed by atoms with E-state index in [-0.39, 0.29) is 5.28 Å². The Morgan fingerprint density at radius 3 is 2.37 bits per heavy atom. The molecule has 0 N–H and O–H groups in total. The lowest BCUT2D eigenvalue weighted by molar-refractivity contribution is 0.579. The van der Waals surface area contributed by atoms with Crippen LogP contribution >= 0.6 is 11.6 Å². The molecule has 1 aromatic rings. The molecule has 2 heterocycles. The molecule has 0 unspecified atom stereocenters. The van der Waals surface area contributed by atoms with E-state index in [2.05, 4.69) is 38.6 Å². The van der Waals surface area contributed by atoms with Crippen molar-refractivity contribution in [2.24, 2.45) is 0 Å². The molecular formula is C13H22ClN5. The van der Waals surface area contributed by atoms with Crippen LogP contribution in [0, 0.1) is 0 Å². The summed E-state index contributed by atoms with van der Waals surface area (Å²) in [5, 5.41) is 0.282. The highest BCUT2D eigenvalue weighted by atomic mass is 35.5. The van der Waals surface area contributed by atoms with Crippen LogP contribution in [0.1, 0.15) is 39.5 Å². The van der Waals surface area contributed by atoms with Gasteiger partial charge in [0.15, 0.2) is 0 Å². The average molecular weight is 284 g/mol. The minimum atomic E-state index is 0.282. The van der Waals surface area contributed by atoms with Crippen molar-refractivity contribution in [1.29, 1.82) is 0 Å². The summed E-state index contributed by atoms with van der Waals surface area (Å²) in [6, 6.07) is 0.435. The van der Waals surface area contributed by atoms with Crippen molar-refractivity contribution in [3.63, 3.8) is 0 Å². The minimum Gasteiger partial charge on any atom is -0.341 e. The number of hydrogen-bond donors (Lipinski definition) is 0. The topological polar surface area (TPSA) is 45.2 Å². The Morgan fingerprint density at radius 1 is 1.16 bits per heavy atom. The largest absolute Gasteiger partial charge is 0.341 e. The lowest BCUT2D eigenvalue weighted by Gasteiger charge is -2.27. The second-order valence-corrected chi connectivity index (χ2v) is 5.32. The van der Waals surface area contributed by atoms with E-state index < -0.39 is 0 Å². The molecule has 5 nitrogen and oxygen atoms in total. The molecule has 1 fully saturated rings. The van der Waals surface area contributed by atoms with Gasteiger partial charge in [0.05, 0.1) is 0 Å². The monoisotopic (exact) mass is 283 g/mol. The first-order chi connectivity index (χ1) is 9.15. The predicted molar refractivity (Wildman–Crippen MR) is 79.1 cm³/mol. The Morgan fingerprint density at radius 2 is 1.79 bits per heavy atom. The normalized spacial score (nSPS) is 15.3. The molecule has 0 bridgehead atoms. The molecular weight excluding hydrogens is 262 g/mol. The molecule has 0 aromatic carbocycles. The summed E-state index contributed by atoms with van der Waals surface area (Å²) in [4.78, 5) is 17.4. The van der Waals surface area contributed by atoms with E-state index in [1.165, 1.54) is 12.8 Å². The zero-order chi connectivity index (χ0) is 13.8. The molecule has 0 radical (unpaired) electrons. The highest BCUT2D eigenvalue weighted by molar-refractivity contribution is 6.28. The smallest absolute Gasteiger partial charge is 0.231 e. The van der Waals surface area contributed by atoms with Crippen molar-refractivity contribution in [2.75, 3.05) is 29.9 Å². The second-order valence-electron chi connectivity index (χ2n) is 4.98. The number of nitrogens with zero attached hydrogens (tertiary/aromatic N) is 5. The van der Waals surface area contributed by atoms with E-state index in [4.69, 9.17) is 11.6 Å². The number of aromatic nitrogens is 3. The lowest BCUT2D eigenvalue weighted by atomic mass is 10.1. The van der Waals surface area contributed by atoms with E-state index >= 15 is 0 Å². The van der Waals surface area contributed by atoms with Gasteiger partial charge >= 0.3 is 0 Å². The van der Waals surface area contributed by atoms with Crippen LogP contribution in [0.25, 0.3) is 0 Å². The van der Waals surface area contributed by atoms with Crippen molar-refractivity contribution < 1.29 is 0 Å². The molecule has 106 valence electrons. The maximum atomic E-state index is 6.05. The van der Waals surface area contributed by atoms with E-state index in [0.29, 0.717) is 17.9 Å². The Bertz CT molecular complexity index is 415. The maximum absolute atomic E-state index is 6.05. The quantitative estimate of drug-likeness (QED) is 0.831. The molecule has 0 saturated carbocycles. The molecule has 0 amide bonds. The van der Waals surface area contributed by atoms with E-state index in [0.717, 1.165) is 25.9 Å². The summed E-state index contributed by atoms with van der Waals surface area (Å²) in [6.07, 6.45) is 4.52. The maximum Gasteiger partial charge on any atom is 0.231 e. The third-order valence-corrected chi connectivity index (χ3v) is 3.95. The van der Waals surface area contributed by atoms with Crippen LogP contribution in [0.4, 0.5) is 11.9 Å². The number of anilines is 2. The molecule has 1 aromatic heterocycles. The van der Waals surface area contributed by atoms with Gasteiger partial charge in [-0.05, 0) is 37.3 Å². The third kappa shape index (κ3) is 3.26. The van der Waals surface area contributed by atoms with Crippen LogP contribution in [-0.2, 0) is 0 Å². The SMILES string of the molecule is CCC(CC)N(C)c1nc(Cl)nc(N2CCCC2)n1. The highest BCUT2D eigenvalue weighted by Crippen LogP contribution is 2.21. The van der Waals surface area contributed by atoms with Crippen LogP contribution < -0.4 is 9.80 Å². The molecule has 0 aliphatic carbocycles. The van der Waals surface area contributed by atoms with Crippen molar-refractivity contribution >= 4 is 23.5 Å². The van der Waals surface area contributed by atoms with Crippen molar-refractivity contribution in [1.82, 2.24) is 15.0 Å². The summed E-state index contributed by atoms with van der Waals surface area (Å²) in [7, 11) is 2.02. The Kier molecular flexibility index (Phi) is 4.80. The summed E-state index contributed by atoms with van der Waals surface area (Å²) in [6.45, 7) is 6.37. The van der Waals surface area contributed by atoms with E-state index in [1.54, 1.807) is 0 Å². The summed E-state index contributed by atoms with van der Waals surface area (Å²) in [5.41, 5.74) is 0. The first kappa shape index (κ1) is 14.3. The fraction of sp³-hybridized carbons (Fsp3) is 0.769. The van der Waals surface area contributed by atoms with Gasteiger partial charge in [-0.2, -0.15) is 15.0 Å². The van der Waals surface area contributed by atoms with Gasteiger partial charge in [0.1, 0.15) is 0 Å². The number of halogens is 1. The summed E-state index contributed by atoms with van der Waals surface area (Å²) in [5.74, 6) is 1.39. The molecule has 6 heteroatoms. The fourth-order valence-corrected chi connectivity index (χ4v) is 2.70. The van der Waals surface area contributed by atoms with Crippen molar-refractivity contribution in [2.45, 2.75) is 45.6 Å². The highest BCUT2D eigenvalue weighted by Gasteiger charge is 2.20. The van der Waals surface area contributed by atoms with Crippen LogP contribution in [-0.4, -0.2) is 41.1 Å². The van der Waals surface area contributed by atoms with E-state index in [9.17, 15) is 0 Å². The van der Waals surface area contributed by atoms with Crippen molar-refractivity contribution in [3.05, 3.63) is 5.28 Å². The zero-order valence-electron chi connectivity index (χ0n) is 11.9. The first-order valence-electron chi connectivity index (χ1n) is 7.05. The Labute approximate surface area is 120 Å². The molecule has 1 aliphatic rings. The van der Waals surface area contributed by atoms with Gasteiger partial charge in [-0.3, -0.25) is 0 Å². The van der Waals surface area contributed by atoms with Gasteiger partial charge in [-0.15, -0.1) is 0 Å². The first-order valence-corrected chi connectivity index (χ1v) is 7.42. The number of rotatable bonds is 5. The zero-order valence-corrected chi connectivity index (χ0v) is 12.7. The van der Waals surface area contributed by atoms with Gasteiger partial charge in [0.25, 0.3) is 0 Å². The van der Waals surface area contributed by atoms with Crippen LogP contribution in [0.3, 0.4) is 0 Å². The minimum absolute atomic E-state index is 0.282. The summed E-state index contributed by atoms with van der Waals surface area (Å²) >= 11 is 6.05. The molecule has 0 atom stereocenters. The van der Waals surface area contributed by atoms with Crippen LogP contribution in [0.15, 0.2) is 0 Å². The molecule has 1 saturated heterocycles. The van der Waals surface area contributed by atoms with Gasteiger partial charge in [-0.25, -0.2) is 0 Å².